The van der Waals surface area contributed by atoms with Crippen molar-refractivity contribution in [1.29, 1.82) is 0 Å². The van der Waals surface area contributed by atoms with E-state index in [0.29, 0.717) is 0 Å². The van der Waals surface area contributed by atoms with Gasteiger partial charge in [0.15, 0.2) is 0 Å². The maximum atomic E-state index is 10.9. The first kappa shape index (κ1) is 10.9. The van der Waals surface area contributed by atoms with Crippen molar-refractivity contribution in [3.8, 4) is 0 Å². The van der Waals surface area contributed by atoms with Gasteiger partial charge in [-0.05, 0) is 11.6 Å². The van der Waals surface area contributed by atoms with Crippen molar-refractivity contribution >= 4 is 11.9 Å². The first-order valence-electron chi connectivity index (χ1n) is 3.78. The molecule has 0 amide bonds. The molecule has 1 aromatic rings. The molecule has 7 nitrogen and oxygen atoms in total. The monoisotopic (exact) mass is 213 g/mol. The van der Waals surface area contributed by atoms with E-state index in [1.807, 2.05) is 0 Å². The van der Waals surface area contributed by atoms with Crippen molar-refractivity contribution < 1.29 is 24.2 Å². The molecule has 1 heterocycles. The molecule has 0 aliphatic rings. The normalized spacial score (nSPS) is 12.1. The van der Waals surface area contributed by atoms with Crippen LogP contribution in [0.3, 0.4) is 0 Å². The van der Waals surface area contributed by atoms with Gasteiger partial charge in [-0.15, -0.1) is 0 Å². The Bertz CT molecular complexity index is 462. The second kappa shape index (κ2) is 3.93. The Morgan fingerprint density at radius 3 is 2.40 bits per heavy atom. The van der Waals surface area contributed by atoms with Gasteiger partial charge in [0.2, 0.25) is 5.76 Å². The largest absolute Gasteiger partial charge is 0.480 e. The molecular formula is C8H7NO6. The van der Waals surface area contributed by atoms with Gasteiger partial charge in [-0.25, -0.2) is 9.59 Å². The van der Waals surface area contributed by atoms with Gasteiger partial charge in [-0.1, -0.05) is 0 Å². The summed E-state index contributed by atoms with van der Waals surface area (Å²) in [5, 5.41) is 17.1. The van der Waals surface area contributed by atoms with Crippen molar-refractivity contribution in [2.75, 3.05) is 0 Å². The first-order chi connectivity index (χ1) is 6.91. The number of nitrogens with two attached hydrogens (primary N) is 1. The minimum Gasteiger partial charge on any atom is -0.480 e. The number of aromatic carboxylic acids is 1. The number of carboxylic acid groups (broad SMARTS) is 2. The smallest absolute Gasteiger partial charge is 0.371 e. The van der Waals surface area contributed by atoms with Crippen LogP contribution in [0, 0.1) is 0 Å². The Balaban J connectivity index is 3.26. The average molecular weight is 213 g/mol. The summed E-state index contributed by atoms with van der Waals surface area (Å²) in [5.41, 5.74) is 4.13. The molecule has 15 heavy (non-hydrogen) atoms. The third-order valence-electron chi connectivity index (χ3n) is 1.63. The van der Waals surface area contributed by atoms with Gasteiger partial charge in [-0.3, -0.25) is 4.79 Å². The summed E-state index contributed by atoms with van der Waals surface area (Å²) in [6.45, 7) is 0. The number of hydrogen-bond acceptors (Lipinski definition) is 5. The fourth-order valence-corrected chi connectivity index (χ4v) is 0.924. The summed E-state index contributed by atoms with van der Waals surface area (Å²) in [5.74, 6) is -3.47. The van der Waals surface area contributed by atoms with Crippen LogP contribution in [0.5, 0.6) is 0 Å². The zero-order valence-corrected chi connectivity index (χ0v) is 7.34. The van der Waals surface area contributed by atoms with Crippen LogP contribution in [-0.4, -0.2) is 22.2 Å². The molecule has 0 aromatic carbocycles. The zero-order chi connectivity index (χ0) is 11.6. The lowest BCUT2D eigenvalue weighted by atomic mass is 10.1. The van der Waals surface area contributed by atoms with E-state index in [9.17, 15) is 14.4 Å². The third kappa shape index (κ3) is 2.41. The van der Waals surface area contributed by atoms with Crippen molar-refractivity contribution in [2.24, 2.45) is 5.73 Å². The topological polar surface area (TPSA) is 131 Å². The highest BCUT2D eigenvalue weighted by molar-refractivity contribution is 5.85. The van der Waals surface area contributed by atoms with Gasteiger partial charge in [-0.2, -0.15) is 0 Å². The van der Waals surface area contributed by atoms with Crippen LogP contribution in [0.4, 0.5) is 0 Å². The standard InChI is InChI=1S/C8H7NO6/c9-6(8(13)14)3-1-4(7(11)12)15-5(10)2-3/h1-2,6H,9H2,(H,11,12)(H,13,14). The third-order valence-corrected chi connectivity index (χ3v) is 1.63. The molecule has 1 aromatic heterocycles. The Morgan fingerprint density at radius 2 is 1.93 bits per heavy atom. The van der Waals surface area contributed by atoms with E-state index >= 15 is 0 Å². The molecule has 0 saturated carbocycles. The molecule has 0 radical (unpaired) electrons. The van der Waals surface area contributed by atoms with E-state index in [0.717, 1.165) is 12.1 Å². The molecule has 1 unspecified atom stereocenters. The molecular weight excluding hydrogens is 206 g/mol. The highest BCUT2D eigenvalue weighted by atomic mass is 16.4. The van der Waals surface area contributed by atoms with Gasteiger partial charge >= 0.3 is 17.6 Å². The van der Waals surface area contributed by atoms with Crippen LogP contribution >= 0.6 is 0 Å². The molecule has 0 spiro atoms. The first-order valence-corrected chi connectivity index (χ1v) is 3.78. The minimum atomic E-state index is -1.47. The average Bonchev–Trinajstić information content (AvgIpc) is 2.15. The summed E-state index contributed by atoms with van der Waals surface area (Å²) in [6, 6.07) is 0.292. The van der Waals surface area contributed by atoms with Crippen LogP contribution in [0.25, 0.3) is 0 Å². The van der Waals surface area contributed by atoms with Crippen LogP contribution in [0.15, 0.2) is 21.3 Å². The second-order valence-corrected chi connectivity index (χ2v) is 2.70. The van der Waals surface area contributed by atoms with Crippen LogP contribution < -0.4 is 11.4 Å². The number of hydrogen-bond donors (Lipinski definition) is 3. The maximum Gasteiger partial charge on any atom is 0.371 e. The number of carboxylic acids is 2. The molecule has 0 saturated heterocycles. The van der Waals surface area contributed by atoms with Gasteiger partial charge in [0, 0.05) is 6.07 Å². The van der Waals surface area contributed by atoms with E-state index in [1.165, 1.54) is 0 Å². The zero-order valence-electron chi connectivity index (χ0n) is 7.34. The van der Waals surface area contributed by atoms with Crippen molar-refractivity contribution in [3.63, 3.8) is 0 Å². The number of aliphatic carboxylic acids is 1. The summed E-state index contributed by atoms with van der Waals surface area (Å²) in [4.78, 5) is 31.8. The lowest BCUT2D eigenvalue weighted by molar-refractivity contribution is -0.138. The van der Waals surface area contributed by atoms with Crippen LogP contribution in [0.1, 0.15) is 22.2 Å². The summed E-state index contributed by atoms with van der Waals surface area (Å²) >= 11 is 0. The molecule has 0 bridgehead atoms. The van der Waals surface area contributed by atoms with Gasteiger partial charge in [0.05, 0.1) is 0 Å². The van der Waals surface area contributed by atoms with E-state index in [2.05, 4.69) is 4.42 Å². The molecule has 7 heteroatoms. The van der Waals surface area contributed by atoms with Crippen molar-refractivity contribution in [3.05, 3.63) is 33.9 Å². The Morgan fingerprint density at radius 1 is 1.33 bits per heavy atom. The van der Waals surface area contributed by atoms with Crippen molar-refractivity contribution in [1.82, 2.24) is 0 Å². The van der Waals surface area contributed by atoms with E-state index in [-0.39, 0.29) is 5.56 Å². The van der Waals surface area contributed by atoms with Crippen LogP contribution in [0.2, 0.25) is 0 Å². The molecule has 0 aliphatic carbocycles. The fraction of sp³-hybridized carbons (Fsp3) is 0.125. The van der Waals surface area contributed by atoms with Gasteiger partial charge < -0.3 is 20.4 Å². The van der Waals surface area contributed by atoms with E-state index in [4.69, 9.17) is 15.9 Å². The lowest BCUT2D eigenvalue weighted by Crippen LogP contribution is -2.22. The number of rotatable bonds is 3. The van der Waals surface area contributed by atoms with E-state index < -0.39 is 29.4 Å². The van der Waals surface area contributed by atoms with E-state index in [1.54, 1.807) is 0 Å². The minimum absolute atomic E-state index is 0.115. The molecule has 0 aliphatic heterocycles. The summed E-state index contributed by atoms with van der Waals surface area (Å²) in [7, 11) is 0. The highest BCUT2D eigenvalue weighted by Gasteiger charge is 2.18. The predicted octanol–water partition coefficient (Wildman–Crippen LogP) is -0.578. The Labute approximate surface area is 82.7 Å². The Hall–Kier alpha value is -2.15. The quantitative estimate of drug-likeness (QED) is 0.612. The molecule has 0 fully saturated rings. The molecule has 1 atom stereocenters. The summed E-state index contributed by atoms with van der Waals surface area (Å²) < 4.78 is 4.31. The fourth-order valence-electron chi connectivity index (χ4n) is 0.924. The van der Waals surface area contributed by atoms with Gasteiger partial charge in [0.1, 0.15) is 6.04 Å². The second-order valence-electron chi connectivity index (χ2n) is 2.70. The van der Waals surface area contributed by atoms with Gasteiger partial charge in [0.25, 0.3) is 0 Å². The predicted molar refractivity (Wildman–Crippen MR) is 46.5 cm³/mol. The Kier molecular flexibility index (Phi) is 2.86. The molecule has 1 rings (SSSR count). The number of carbonyl (C=O) groups is 2. The maximum absolute atomic E-state index is 10.9. The summed E-state index contributed by atoms with van der Waals surface area (Å²) in [6.07, 6.45) is 0. The molecule has 80 valence electrons. The lowest BCUT2D eigenvalue weighted by Gasteiger charge is -2.05. The molecule has 4 N–H and O–H groups in total. The van der Waals surface area contributed by atoms with Crippen LogP contribution in [-0.2, 0) is 4.79 Å². The van der Waals surface area contributed by atoms with Crippen molar-refractivity contribution in [2.45, 2.75) is 6.04 Å². The SMILES string of the molecule is NC(C(=O)O)c1cc(C(=O)O)oc(=O)c1. The highest BCUT2D eigenvalue weighted by Crippen LogP contribution is 2.10.